The number of benzene rings is 1. The van der Waals surface area contributed by atoms with Gasteiger partial charge in [-0.25, -0.2) is 4.98 Å². The summed E-state index contributed by atoms with van der Waals surface area (Å²) in [6.45, 7) is 9.20. The Kier molecular flexibility index (Phi) is 7.14. The maximum atomic E-state index is 9.29. The van der Waals surface area contributed by atoms with Crippen molar-refractivity contribution in [2.75, 3.05) is 49.5 Å². The molecule has 4 heterocycles. The highest BCUT2D eigenvalue weighted by Gasteiger charge is 2.37. The summed E-state index contributed by atoms with van der Waals surface area (Å²) >= 11 is 14.1. The normalized spacial score (nSPS) is 20.5. The van der Waals surface area contributed by atoms with Crippen LogP contribution in [-0.4, -0.2) is 64.3 Å². The van der Waals surface area contributed by atoms with Gasteiger partial charge in [-0.15, -0.1) is 0 Å². The molecule has 2 aromatic heterocycles. The molecular formula is C24H30Cl2N6OS. The van der Waals surface area contributed by atoms with Crippen molar-refractivity contribution in [3.8, 4) is 0 Å². The second kappa shape index (κ2) is 10.1. The minimum Gasteiger partial charge on any atom is -0.395 e. The average molecular weight is 522 g/mol. The molecule has 2 aliphatic rings. The Morgan fingerprint density at radius 3 is 2.76 bits per heavy atom. The second-order valence-electron chi connectivity index (χ2n) is 9.38. The van der Waals surface area contributed by atoms with Crippen LogP contribution in [0.1, 0.15) is 36.4 Å². The number of piperidine rings is 1. The molecule has 2 saturated heterocycles. The molecule has 2 aliphatic heterocycles. The van der Waals surface area contributed by atoms with Crippen LogP contribution in [-0.2, 0) is 0 Å². The van der Waals surface area contributed by atoms with E-state index >= 15 is 0 Å². The quantitative estimate of drug-likeness (QED) is 0.452. The fourth-order valence-electron chi connectivity index (χ4n) is 5.09. The van der Waals surface area contributed by atoms with Gasteiger partial charge in [0.2, 0.25) is 5.95 Å². The molecule has 182 valence electrons. The fourth-order valence-corrected chi connectivity index (χ4v) is 6.44. The number of fused-ring (bicyclic) bond motifs is 1. The molecule has 0 spiro atoms. The molecule has 2 fully saturated rings. The topological polar surface area (TPSA) is 77.4 Å². The van der Waals surface area contributed by atoms with Crippen LogP contribution in [0.2, 0.25) is 10.0 Å². The van der Waals surface area contributed by atoms with E-state index in [9.17, 15) is 5.11 Å². The van der Waals surface area contributed by atoms with E-state index in [-0.39, 0.29) is 12.6 Å². The summed E-state index contributed by atoms with van der Waals surface area (Å²) in [6, 6.07) is 5.49. The Bertz CT molecular complexity index is 1170. The van der Waals surface area contributed by atoms with Crippen molar-refractivity contribution in [3.05, 3.63) is 38.8 Å². The average Bonchev–Trinajstić information content (AvgIpc) is 3.14. The van der Waals surface area contributed by atoms with E-state index in [4.69, 9.17) is 33.2 Å². The zero-order chi connectivity index (χ0) is 23.8. The number of hydrogen-bond donors (Lipinski definition) is 2. The number of likely N-dealkylation sites (tertiary alicyclic amines) is 1. The first-order valence-corrected chi connectivity index (χ1v) is 13.4. The molecule has 2 atom stereocenters. The molecular weight excluding hydrogens is 491 g/mol. The predicted octanol–water partition coefficient (Wildman–Crippen LogP) is 5.02. The molecule has 3 aromatic rings. The number of nitrogens with zero attached hydrogens (tertiary/aromatic N) is 5. The SMILES string of the molecule is Cc1nc2c(N[C@H](C)c3ccc(Cl)cc3Cl)nc(N3CC([C@H]4CCCN(CCO)C4)C3)nc2s1. The zero-order valence-corrected chi connectivity index (χ0v) is 21.8. The van der Waals surface area contributed by atoms with Gasteiger partial charge >= 0.3 is 0 Å². The lowest BCUT2D eigenvalue weighted by atomic mass is 9.81. The molecule has 0 amide bonds. The first-order valence-electron chi connectivity index (χ1n) is 11.9. The molecule has 0 unspecified atom stereocenters. The van der Waals surface area contributed by atoms with E-state index in [2.05, 4.69) is 27.0 Å². The Labute approximate surface area is 214 Å². The van der Waals surface area contributed by atoms with Crippen LogP contribution in [0.15, 0.2) is 18.2 Å². The maximum absolute atomic E-state index is 9.29. The van der Waals surface area contributed by atoms with Crippen molar-refractivity contribution in [1.82, 2.24) is 19.9 Å². The van der Waals surface area contributed by atoms with Crippen LogP contribution in [0.4, 0.5) is 11.8 Å². The lowest BCUT2D eigenvalue weighted by molar-refractivity contribution is 0.101. The van der Waals surface area contributed by atoms with Gasteiger partial charge in [0.05, 0.1) is 17.7 Å². The van der Waals surface area contributed by atoms with E-state index in [1.807, 2.05) is 19.1 Å². The number of aromatic nitrogens is 3. The third kappa shape index (κ3) is 4.97. The van der Waals surface area contributed by atoms with E-state index in [0.717, 1.165) is 65.4 Å². The molecule has 5 rings (SSSR count). The van der Waals surface area contributed by atoms with Gasteiger partial charge in [-0.2, -0.15) is 9.97 Å². The van der Waals surface area contributed by atoms with E-state index in [1.165, 1.54) is 12.8 Å². The molecule has 2 N–H and O–H groups in total. The number of nitrogens with one attached hydrogen (secondary N) is 1. The highest BCUT2D eigenvalue weighted by atomic mass is 35.5. The number of β-amino-alcohol motifs (C(OH)–C–C–N with tert-alkyl or cyclic N) is 1. The van der Waals surface area contributed by atoms with E-state index in [1.54, 1.807) is 17.4 Å². The van der Waals surface area contributed by atoms with Crippen LogP contribution in [0.5, 0.6) is 0 Å². The van der Waals surface area contributed by atoms with Gasteiger partial charge in [-0.05, 0) is 62.8 Å². The van der Waals surface area contributed by atoms with Crippen molar-refractivity contribution in [3.63, 3.8) is 0 Å². The van der Waals surface area contributed by atoms with Crippen LogP contribution >= 0.6 is 34.5 Å². The number of halogens is 2. The molecule has 0 radical (unpaired) electrons. The molecule has 34 heavy (non-hydrogen) atoms. The molecule has 0 bridgehead atoms. The van der Waals surface area contributed by atoms with Gasteiger partial charge in [-0.1, -0.05) is 40.6 Å². The largest absolute Gasteiger partial charge is 0.395 e. The van der Waals surface area contributed by atoms with Gasteiger partial charge in [0.15, 0.2) is 10.6 Å². The molecule has 10 heteroatoms. The summed E-state index contributed by atoms with van der Waals surface area (Å²) in [5.74, 6) is 2.81. The smallest absolute Gasteiger partial charge is 0.228 e. The Hall–Kier alpha value is -1.71. The Balaban J connectivity index is 1.33. The van der Waals surface area contributed by atoms with E-state index < -0.39 is 0 Å². The van der Waals surface area contributed by atoms with Gasteiger partial charge in [0.1, 0.15) is 5.52 Å². The number of hydrogen-bond acceptors (Lipinski definition) is 8. The Morgan fingerprint density at radius 2 is 2.00 bits per heavy atom. The van der Waals surface area contributed by atoms with Crippen molar-refractivity contribution < 1.29 is 5.11 Å². The molecule has 0 saturated carbocycles. The number of anilines is 2. The zero-order valence-electron chi connectivity index (χ0n) is 19.5. The number of aliphatic hydroxyl groups is 1. The number of aryl methyl sites for hydroxylation is 1. The van der Waals surface area contributed by atoms with Gasteiger partial charge in [0.25, 0.3) is 0 Å². The molecule has 1 aromatic carbocycles. The first-order chi connectivity index (χ1) is 16.4. The molecule has 7 nitrogen and oxygen atoms in total. The van der Waals surface area contributed by atoms with Crippen molar-refractivity contribution in [2.24, 2.45) is 11.8 Å². The lowest BCUT2D eigenvalue weighted by Gasteiger charge is -2.46. The van der Waals surface area contributed by atoms with Crippen LogP contribution in [0.3, 0.4) is 0 Å². The second-order valence-corrected chi connectivity index (χ2v) is 11.4. The highest BCUT2D eigenvalue weighted by Crippen LogP contribution is 2.36. The monoisotopic (exact) mass is 520 g/mol. The summed E-state index contributed by atoms with van der Waals surface area (Å²) in [7, 11) is 0. The summed E-state index contributed by atoms with van der Waals surface area (Å²) in [5.41, 5.74) is 1.76. The van der Waals surface area contributed by atoms with Gasteiger partial charge < -0.3 is 20.2 Å². The lowest BCUT2D eigenvalue weighted by Crippen LogP contribution is -2.54. The number of aliphatic hydroxyl groups excluding tert-OH is 1. The maximum Gasteiger partial charge on any atom is 0.228 e. The standard InChI is InChI=1S/C24H30Cl2N6OS/c1-14(19-6-5-18(25)10-20(19)26)27-22-21-23(34-15(2)28-21)30-24(29-22)32-12-17(13-32)16-4-3-7-31(11-16)8-9-33/h5-6,10,14,16-17,33H,3-4,7-9,11-13H2,1-2H3,(H,27,29,30)/t14-,16+/m1/s1. The van der Waals surface area contributed by atoms with Crippen molar-refractivity contribution in [2.45, 2.75) is 32.7 Å². The number of rotatable bonds is 7. The third-order valence-electron chi connectivity index (χ3n) is 6.95. The van der Waals surface area contributed by atoms with Gasteiger partial charge in [0, 0.05) is 36.2 Å². The van der Waals surface area contributed by atoms with Crippen LogP contribution in [0.25, 0.3) is 10.3 Å². The molecule has 0 aliphatic carbocycles. The summed E-state index contributed by atoms with van der Waals surface area (Å²) in [5, 5.41) is 15.0. The van der Waals surface area contributed by atoms with Crippen molar-refractivity contribution >= 4 is 56.7 Å². The number of thiazole rings is 1. The van der Waals surface area contributed by atoms with Crippen LogP contribution in [0, 0.1) is 18.8 Å². The predicted molar refractivity (Wildman–Crippen MR) is 140 cm³/mol. The minimum absolute atomic E-state index is 0.0680. The van der Waals surface area contributed by atoms with Crippen LogP contribution < -0.4 is 10.2 Å². The summed E-state index contributed by atoms with van der Waals surface area (Å²) in [6.07, 6.45) is 2.48. The highest BCUT2D eigenvalue weighted by molar-refractivity contribution is 7.18. The summed E-state index contributed by atoms with van der Waals surface area (Å²) < 4.78 is 0. The van der Waals surface area contributed by atoms with E-state index in [0.29, 0.717) is 21.9 Å². The fraction of sp³-hybridized carbons (Fsp3) is 0.542. The first kappa shape index (κ1) is 24.0. The van der Waals surface area contributed by atoms with Crippen molar-refractivity contribution in [1.29, 1.82) is 0 Å². The third-order valence-corrected chi connectivity index (χ3v) is 8.38. The minimum atomic E-state index is -0.0680. The summed E-state index contributed by atoms with van der Waals surface area (Å²) in [4.78, 5) is 20.0. The van der Waals surface area contributed by atoms with Gasteiger partial charge in [-0.3, -0.25) is 0 Å². The Morgan fingerprint density at radius 1 is 1.18 bits per heavy atom.